The molecule has 0 bridgehead atoms. The van der Waals surface area contributed by atoms with Crippen molar-refractivity contribution in [2.45, 2.75) is 26.4 Å². The molecular formula is C27H32N2O6S. The number of ether oxygens (including phenoxy) is 3. The monoisotopic (exact) mass is 512 g/mol. The summed E-state index contributed by atoms with van der Waals surface area (Å²) >= 11 is 0. The second-order valence-electron chi connectivity index (χ2n) is 8.20. The normalized spacial score (nSPS) is 11.9. The highest BCUT2D eigenvalue weighted by Crippen LogP contribution is 2.29. The van der Waals surface area contributed by atoms with Crippen LogP contribution in [0.3, 0.4) is 0 Å². The fourth-order valence-corrected chi connectivity index (χ4v) is 4.63. The smallest absolute Gasteiger partial charge is 0.251 e. The highest BCUT2D eigenvalue weighted by molar-refractivity contribution is 7.92. The van der Waals surface area contributed by atoms with Crippen molar-refractivity contribution in [2.24, 2.45) is 0 Å². The lowest BCUT2D eigenvalue weighted by Gasteiger charge is -2.23. The number of hydrogen-bond donors (Lipinski definition) is 1. The minimum absolute atomic E-state index is 0.131. The Morgan fingerprint density at radius 3 is 2.14 bits per heavy atom. The first-order chi connectivity index (χ1) is 17.2. The molecule has 0 radical (unpaired) electrons. The molecule has 1 atom stereocenters. The van der Waals surface area contributed by atoms with Crippen molar-refractivity contribution in [1.82, 2.24) is 5.32 Å². The lowest BCUT2D eigenvalue weighted by Crippen LogP contribution is -2.29. The van der Waals surface area contributed by atoms with Gasteiger partial charge in [0, 0.05) is 11.1 Å². The Labute approximate surface area is 212 Å². The zero-order chi connectivity index (χ0) is 26.3. The summed E-state index contributed by atoms with van der Waals surface area (Å²) < 4.78 is 42.4. The van der Waals surface area contributed by atoms with Crippen LogP contribution in [0.25, 0.3) is 0 Å². The fraction of sp³-hybridized carbons (Fsp3) is 0.296. The van der Waals surface area contributed by atoms with E-state index in [4.69, 9.17) is 14.2 Å². The quantitative estimate of drug-likeness (QED) is 0.405. The summed E-state index contributed by atoms with van der Waals surface area (Å²) in [5.74, 6) is 1.73. The van der Waals surface area contributed by atoms with Gasteiger partial charge in [0.1, 0.15) is 17.2 Å². The molecule has 0 saturated carbocycles. The molecule has 36 heavy (non-hydrogen) atoms. The van der Waals surface area contributed by atoms with Crippen LogP contribution in [0.1, 0.15) is 41.4 Å². The largest absolute Gasteiger partial charge is 0.497 e. The third-order valence-electron chi connectivity index (χ3n) is 5.63. The minimum atomic E-state index is -3.54. The van der Waals surface area contributed by atoms with Crippen LogP contribution in [-0.2, 0) is 16.6 Å². The van der Waals surface area contributed by atoms with E-state index in [-0.39, 0.29) is 18.5 Å². The van der Waals surface area contributed by atoms with Gasteiger partial charge in [0.15, 0.2) is 0 Å². The Bertz CT molecular complexity index is 1270. The predicted molar refractivity (Wildman–Crippen MR) is 141 cm³/mol. The molecule has 0 heterocycles. The van der Waals surface area contributed by atoms with Crippen molar-refractivity contribution < 1.29 is 27.4 Å². The van der Waals surface area contributed by atoms with Gasteiger partial charge < -0.3 is 19.5 Å². The predicted octanol–water partition coefficient (Wildman–Crippen LogP) is 4.56. The van der Waals surface area contributed by atoms with E-state index in [1.54, 1.807) is 74.9 Å². The lowest BCUT2D eigenvalue weighted by molar-refractivity contribution is 0.0939. The number of carbonyl (C=O) groups excluding carboxylic acids is 1. The Morgan fingerprint density at radius 1 is 0.944 bits per heavy atom. The minimum Gasteiger partial charge on any atom is -0.497 e. The third-order valence-corrected chi connectivity index (χ3v) is 6.77. The van der Waals surface area contributed by atoms with Gasteiger partial charge in [-0.1, -0.05) is 12.1 Å². The van der Waals surface area contributed by atoms with Gasteiger partial charge in [-0.25, -0.2) is 8.42 Å². The highest BCUT2D eigenvalue weighted by Gasteiger charge is 2.19. The van der Waals surface area contributed by atoms with Crippen LogP contribution in [0.4, 0.5) is 5.69 Å². The van der Waals surface area contributed by atoms with Crippen molar-refractivity contribution in [1.29, 1.82) is 0 Å². The number of benzene rings is 3. The number of hydrogen-bond acceptors (Lipinski definition) is 6. The molecule has 0 unspecified atom stereocenters. The average Bonchev–Trinajstić information content (AvgIpc) is 2.87. The summed E-state index contributed by atoms with van der Waals surface area (Å²) in [7, 11) is -0.380. The Balaban J connectivity index is 1.73. The molecule has 1 N–H and O–H groups in total. The van der Waals surface area contributed by atoms with Gasteiger partial charge in [-0.05, 0) is 74.0 Å². The van der Waals surface area contributed by atoms with Crippen LogP contribution in [0, 0.1) is 0 Å². The van der Waals surface area contributed by atoms with E-state index in [1.807, 2.05) is 19.9 Å². The topological polar surface area (TPSA) is 94.2 Å². The number of amides is 1. The highest BCUT2D eigenvalue weighted by atomic mass is 32.2. The SMILES string of the molecule is CCOc1ccc(N(Cc2ccc(C(=O)N[C@@H](C)c3cc(OC)ccc3OC)cc2)S(C)(=O)=O)cc1. The number of nitrogens with one attached hydrogen (secondary N) is 1. The van der Waals surface area contributed by atoms with E-state index in [9.17, 15) is 13.2 Å². The molecule has 0 aliphatic heterocycles. The number of methoxy groups -OCH3 is 2. The maximum absolute atomic E-state index is 12.9. The summed E-state index contributed by atoms with van der Waals surface area (Å²) in [6, 6.07) is 18.8. The standard InChI is InChI=1S/C27H32N2O6S/c1-6-35-23-13-11-22(12-14-23)29(36(5,31)32)18-20-7-9-21(10-8-20)27(30)28-19(2)25-17-24(33-3)15-16-26(25)34-4/h7-17,19H,6,18H2,1-5H3,(H,28,30)/t19-/m0/s1. The second kappa shape index (κ2) is 11.8. The zero-order valence-electron chi connectivity index (χ0n) is 21.1. The number of nitrogens with zero attached hydrogens (tertiary/aromatic N) is 1. The van der Waals surface area contributed by atoms with Gasteiger partial charge in [0.05, 0.1) is 45.4 Å². The van der Waals surface area contributed by atoms with Crippen LogP contribution < -0.4 is 23.8 Å². The molecule has 3 aromatic rings. The number of rotatable bonds is 11. The fourth-order valence-electron chi connectivity index (χ4n) is 3.74. The van der Waals surface area contributed by atoms with Gasteiger partial charge in [-0.15, -0.1) is 0 Å². The molecule has 0 aliphatic carbocycles. The molecule has 0 spiro atoms. The van der Waals surface area contributed by atoms with Crippen LogP contribution >= 0.6 is 0 Å². The van der Waals surface area contributed by atoms with Crippen molar-refractivity contribution in [2.75, 3.05) is 31.4 Å². The summed E-state index contributed by atoms with van der Waals surface area (Å²) in [5, 5.41) is 2.97. The van der Waals surface area contributed by atoms with E-state index >= 15 is 0 Å². The first kappa shape index (κ1) is 26.9. The van der Waals surface area contributed by atoms with Gasteiger partial charge >= 0.3 is 0 Å². The second-order valence-corrected chi connectivity index (χ2v) is 10.1. The molecule has 1 amide bonds. The molecule has 0 aliphatic rings. The molecular weight excluding hydrogens is 480 g/mol. The van der Waals surface area contributed by atoms with Crippen LogP contribution in [0.2, 0.25) is 0 Å². The Morgan fingerprint density at radius 2 is 1.58 bits per heavy atom. The molecule has 8 nitrogen and oxygen atoms in total. The van der Waals surface area contributed by atoms with Gasteiger partial charge in [-0.3, -0.25) is 9.10 Å². The van der Waals surface area contributed by atoms with Crippen LogP contribution in [0.5, 0.6) is 17.2 Å². The molecule has 192 valence electrons. The maximum atomic E-state index is 12.9. The van der Waals surface area contributed by atoms with Crippen molar-refractivity contribution in [3.63, 3.8) is 0 Å². The molecule has 0 fully saturated rings. The van der Waals surface area contributed by atoms with Gasteiger partial charge in [-0.2, -0.15) is 0 Å². The molecule has 0 saturated heterocycles. The number of carbonyl (C=O) groups is 1. The summed E-state index contributed by atoms with van der Waals surface area (Å²) in [4.78, 5) is 12.9. The lowest BCUT2D eigenvalue weighted by atomic mass is 10.1. The van der Waals surface area contributed by atoms with E-state index in [0.29, 0.717) is 35.1 Å². The van der Waals surface area contributed by atoms with E-state index in [1.165, 1.54) is 10.6 Å². The molecule has 3 rings (SSSR count). The van der Waals surface area contributed by atoms with Gasteiger partial charge in [0.2, 0.25) is 10.0 Å². The summed E-state index contributed by atoms with van der Waals surface area (Å²) in [6.45, 7) is 4.41. The van der Waals surface area contributed by atoms with E-state index in [0.717, 1.165) is 11.1 Å². The molecule has 0 aromatic heterocycles. The molecule has 3 aromatic carbocycles. The maximum Gasteiger partial charge on any atom is 0.251 e. The van der Waals surface area contributed by atoms with Crippen molar-refractivity contribution in [3.8, 4) is 17.2 Å². The average molecular weight is 513 g/mol. The van der Waals surface area contributed by atoms with Crippen molar-refractivity contribution >= 4 is 21.6 Å². The van der Waals surface area contributed by atoms with Crippen LogP contribution in [0.15, 0.2) is 66.7 Å². The first-order valence-electron chi connectivity index (χ1n) is 11.5. The summed E-state index contributed by atoms with van der Waals surface area (Å²) in [5.41, 5.74) is 2.53. The van der Waals surface area contributed by atoms with E-state index in [2.05, 4.69) is 5.32 Å². The molecule has 9 heteroatoms. The Hall–Kier alpha value is -3.72. The van der Waals surface area contributed by atoms with Crippen LogP contribution in [-0.4, -0.2) is 41.4 Å². The first-order valence-corrected chi connectivity index (χ1v) is 13.3. The summed E-state index contributed by atoms with van der Waals surface area (Å²) in [6.07, 6.45) is 1.17. The number of anilines is 1. The van der Waals surface area contributed by atoms with E-state index < -0.39 is 10.0 Å². The number of sulfonamides is 1. The van der Waals surface area contributed by atoms with Gasteiger partial charge in [0.25, 0.3) is 5.91 Å². The van der Waals surface area contributed by atoms with Crippen molar-refractivity contribution in [3.05, 3.63) is 83.4 Å². The Kier molecular flexibility index (Phi) is 8.82. The zero-order valence-corrected chi connectivity index (χ0v) is 22.0. The third kappa shape index (κ3) is 6.69.